The number of carbonyl (C=O) groups is 3. The van der Waals surface area contributed by atoms with Gasteiger partial charge in [0.2, 0.25) is 5.91 Å². The number of aliphatic carboxylic acids is 1. The highest BCUT2D eigenvalue weighted by atomic mass is 32.2. The number of aromatic nitrogens is 2. The molecule has 0 aromatic carbocycles. The molecule has 0 aliphatic carbocycles. The van der Waals surface area contributed by atoms with Crippen LogP contribution in [0, 0.1) is 12.8 Å². The van der Waals surface area contributed by atoms with Crippen LogP contribution in [-0.2, 0) is 14.4 Å². The van der Waals surface area contributed by atoms with Crippen molar-refractivity contribution in [3.05, 3.63) is 16.3 Å². The van der Waals surface area contributed by atoms with E-state index in [1.807, 2.05) is 20.8 Å². The minimum Gasteiger partial charge on any atom is -0.477 e. The van der Waals surface area contributed by atoms with E-state index in [0.29, 0.717) is 29.9 Å². The Kier molecular flexibility index (Phi) is 6.66. The van der Waals surface area contributed by atoms with E-state index in [9.17, 15) is 19.5 Å². The van der Waals surface area contributed by atoms with Gasteiger partial charge in [-0.15, -0.1) is 22.0 Å². The third kappa shape index (κ3) is 4.06. The molecule has 0 spiro atoms. The first-order chi connectivity index (χ1) is 13.4. The maximum atomic E-state index is 12.6. The van der Waals surface area contributed by atoms with Crippen molar-refractivity contribution in [1.29, 1.82) is 0 Å². The van der Waals surface area contributed by atoms with Gasteiger partial charge in [0.1, 0.15) is 22.1 Å². The number of β-lactam (4-membered cyclic amide) rings is 1. The normalized spacial score (nSPS) is 21.6. The summed E-state index contributed by atoms with van der Waals surface area (Å²) < 4.78 is 0.770. The summed E-state index contributed by atoms with van der Waals surface area (Å²) in [6, 6.07) is -0.660. The van der Waals surface area contributed by atoms with E-state index >= 15 is 0 Å². The second kappa shape index (κ2) is 8.83. The highest BCUT2D eigenvalue weighted by Gasteiger charge is 2.54. The first-order valence-electron chi connectivity index (χ1n) is 9.00. The summed E-state index contributed by atoms with van der Waals surface area (Å²) in [6.07, 6.45) is 1.41. The molecule has 0 saturated carbocycles. The standard InChI is InChI=1S/C17H22N4O4S3/c1-4-9(5-2)13(22)18-11-14(23)21-12(16(24)25)10(6-26-15(11)21)7-27-17-20-19-8(3)28-17/h9,11,15H,4-7H2,1-3H3,(H,18,22)(H,24,25). The number of aryl methyl sites for hydroxylation is 1. The Morgan fingerprint density at radius 3 is 2.64 bits per heavy atom. The molecule has 1 aromatic heterocycles. The number of thioether (sulfide) groups is 2. The van der Waals surface area contributed by atoms with Gasteiger partial charge in [-0.2, -0.15) is 0 Å². The Morgan fingerprint density at radius 2 is 2.07 bits per heavy atom. The van der Waals surface area contributed by atoms with Gasteiger partial charge >= 0.3 is 5.97 Å². The van der Waals surface area contributed by atoms with Crippen molar-refractivity contribution in [1.82, 2.24) is 20.4 Å². The molecule has 2 N–H and O–H groups in total. The molecule has 0 bridgehead atoms. The van der Waals surface area contributed by atoms with Gasteiger partial charge in [0.25, 0.3) is 5.91 Å². The largest absolute Gasteiger partial charge is 0.477 e. The van der Waals surface area contributed by atoms with Gasteiger partial charge in [0, 0.05) is 17.4 Å². The molecule has 0 radical (unpaired) electrons. The summed E-state index contributed by atoms with van der Waals surface area (Å²) in [5.74, 6) is -0.816. The molecule has 11 heteroatoms. The zero-order valence-corrected chi connectivity index (χ0v) is 18.2. The summed E-state index contributed by atoms with van der Waals surface area (Å²) in [5, 5.41) is 21.0. The molecular formula is C17H22N4O4S3. The van der Waals surface area contributed by atoms with Gasteiger partial charge in [0.05, 0.1) is 0 Å². The molecule has 2 aliphatic heterocycles. The van der Waals surface area contributed by atoms with E-state index in [2.05, 4.69) is 15.5 Å². The van der Waals surface area contributed by atoms with Crippen LogP contribution >= 0.6 is 34.9 Å². The van der Waals surface area contributed by atoms with Crippen molar-refractivity contribution in [3.8, 4) is 0 Å². The number of nitrogens with one attached hydrogen (secondary N) is 1. The van der Waals surface area contributed by atoms with Crippen molar-refractivity contribution < 1.29 is 19.5 Å². The Hall–Kier alpha value is -1.59. The fraction of sp³-hybridized carbons (Fsp3) is 0.588. The van der Waals surface area contributed by atoms with Crippen molar-refractivity contribution >= 4 is 52.6 Å². The van der Waals surface area contributed by atoms with Gasteiger partial charge < -0.3 is 10.4 Å². The first kappa shape index (κ1) is 21.1. The zero-order chi connectivity index (χ0) is 20.4. The quantitative estimate of drug-likeness (QED) is 0.465. The molecule has 1 saturated heterocycles. The van der Waals surface area contributed by atoms with Crippen molar-refractivity contribution in [2.45, 2.75) is 49.4 Å². The van der Waals surface area contributed by atoms with Crippen LogP contribution in [0.1, 0.15) is 31.7 Å². The summed E-state index contributed by atoms with van der Waals surface area (Å²) in [6.45, 7) is 5.74. The van der Waals surface area contributed by atoms with E-state index in [4.69, 9.17) is 0 Å². The van der Waals surface area contributed by atoms with Crippen LogP contribution < -0.4 is 5.32 Å². The SMILES string of the molecule is CCC(CC)C(=O)NC1C(=O)N2C(C(=O)O)=C(CSc3nnc(C)s3)CSC12. The van der Waals surface area contributed by atoms with Crippen molar-refractivity contribution in [2.75, 3.05) is 11.5 Å². The highest BCUT2D eigenvalue weighted by Crippen LogP contribution is 2.41. The van der Waals surface area contributed by atoms with Gasteiger partial charge in [-0.1, -0.05) is 36.9 Å². The number of nitrogens with zero attached hydrogens (tertiary/aromatic N) is 3. The Bertz CT molecular complexity index is 821. The number of hydrogen-bond donors (Lipinski definition) is 2. The Balaban J connectivity index is 1.72. The lowest BCUT2D eigenvalue weighted by Gasteiger charge is -2.49. The second-order valence-electron chi connectivity index (χ2n) is 6.54. The smallest absolute Gasteiger partial charge is 0.352 e. The summed E-state index contributed by atoms with van der Waals surface area (Å²) in [7, 11) is 0. The average molecular weight is 443 g/mol. The van der Waals surface area contributed by atoms with Crippen LogP contribution in [0.25, 0.3) is 0 Å². The number of carboxylic acids is 1. The highest BCUT2D eigenvalue weighted by molar-refractivity contribution is 8.01. The lowest BCUT2D eigenvalue weighted by Crippen LogP contribution is -2.71. The lowest BCUT2D eigenvalue weighted by atomic mass is 9.99. The zero-order valence-electron chi connectivity index (χ0n) is 15.8. The van der Waals surface area contributed by atoms with E-state index < -0.39 is 12.0 Å². The summed E-state index contributed by atoms with van der Waals surface area (Å²) in [5.41, 5.74) is 0.722. The first-order valence-corrected chi connectivity index (χ1v) is 11.9. The maximum absolute atomic E-state index is 12.6. The van der Waals surface area contributed by atoms with E-state index in [1.165, 1.54) is 39.8 Å². The number of amides is 2. The van der Waals surface area contributed by atoms with Crippen LogP contribution in [0.15, 0.2) is 15.6 Å². The average Bonchev–Trinajstić information content (AvgIpc) is 3.09. The molecular weight excluding hydrogens is 420 g/mol. The minimum atomic E-state index is -1.12. The van der Waals surface area contributed by atoms with Crippen LogP contribution in [0.4, 0.5) is 0 Å². The van der Waals surface area contributed by atoms with Gasteiger partial charge in [-0.3, -0.25) is 14.5 Å². The number of fused-ring (bicyclic) bond motifs is 1. The Labute approximate surface area is 175 Å². The third-order valence-corrected chi connectivity index (χ3v) is 8.18. The van der Waals surface area contributed by atoms with Crippen LogP contribution in [0.2, 0.25) is 0 Å². The molecule has 3 rings (SSSR count). The van der Waals surface area contributed by atoms with Gasteiger partial charge in [0.15, 0.2) is 4.34 Å². The van der Waals surface area contributed by atoms with Crippen LogP contribution in [-0.4, -0.2) is 60.9 Å². The van der Waals surface area contributed by atoms with Gasteiger partial charge in [-0.25, -0.2) is 4.79 Å². The molecule has 2 aliphatic rings. The lowest BCUT2D eigenvalue weighted by molar-refractivity contribution is -0.151. The van der Waals surface area contributed by atoms with Gasteiger partial charge in [-0.05, 0) is 25.3 Å². The van der Waals surface area contributed by atoms with Crippen molar-refractivity contribution in [2.24, 2.45) is 5.92 Å². The van der Waals surface area contributed by atoms with E-state index in [-0.39, 0.29) is 28.8 Å². The molecule has 28 heavy (non-hydrogen) atoms. The molecule has 1 fully saturated rings. The third-order valence-electron chi connectivity index (χ3n) is 4.78. The summed E-state index contributed by atoms with van der Waals surface area (Å²) >= 11 is 4.36. The fourth-order valence-electron chi connectivity index (χ4n) is 3.21. The van der Waals surface area contributed by atoms with Crippen LogP contribution in [0.5, 0.6) is 0 Å². The monoisotopic (exact) mass is 442 g/mol. The predicted molar refractivity (Wildman–Crippen MR) is 109 cm³/mol. The molecule has 3 heterocycles. The molecule has 1 aromatic rings. The number of rotatable bonds is 8. The minimum absolute atomic E-state index is 0.0375. The second-order valence-corrected chi connectivity index (χ2v) is 10.1. The maximum Gasteiger partial charge on any atom is 0.352 e. The molecule has 2 atom stereocenters. The molecule has 8 nitrogen and oxygen atoms in total. The molecule has 2 unspecified atom stereocenters. The summed E-state index contributed by atoms with van der Waals surface area (Å²) in [4.78, 5) is 38.2. The van der Waals surface area contributed by atoms with Crippen molar-refractivity contribution in [3.63, 3.8) is 0 Å². The predicted octanol–water partition coefficient (Wildman–Crippen LogP) is 2.11. The molecule has 152 valence electrons. The topological polar surface area (TPSA) is 112 Å². The number of carbonyl (C=O) groups excluding carboxylic acids is 2. The Morgan fingerprint density at radius 1 is 1.36 bits per heavy atom. The molecule has 2 amide bonds. The number of carboxylic acid groups (broad SMARTS) is 1. The van der Waals surface area contributed by atoms with E-state index in [1.54, 1.807) is 0 Å². The van der Waals surface area contributed by atoms with Crippen LogP contribution in [0.3, 0.4) is 0 Å². The number of hydrogen-bond acceptors (Lipinski definition) is 8. The fourth-order valence-corrected chi connectivity index (χ4v) is 6.51. The van der Waals surface area contributed by atoms with E-state index in [0.717, 1.165) is 9.35 Å².